The number of hydrogen-bond donors (Lipinski definition) is 1. The number of hydrogen-bond acceptors (Lipinski definition) is 7. The highest BCUT2D eigenvalue weighted by atomic mass is 16.5. The molecular weight excluding hydrogens is 368 g/mol. The Balaban J connectivity index is 1.63. The molecule has 0 bridgehead atoms. The molecule has 0 aliphatic heterocycles. The van der Waals surface area contributed by atoms with Crippen LogP contribution < -0.4 is 10.1 Å². The highest BCUT2D eigenvalue weighted by Crippen LogP contribution is 2.25. The van der Waals surface area contributed by atoms with Crippen LogP contribution in [0.25, 0.3) is 11.1 Å². The van der Waals surface area contributed by atoms with Gasteiger partial charge in [-0.15, -0.1) is 0 Å². The quantitative estimate of drug-likeness (QED) is 0.663. The SMILES string of the molecule is CC(=O)N(C)CCNc1cncc(Oc2ccc(-c3ccnc(C#N)c3)cc2)n1. The van der Waals surface area contributed by atoms with Crippen LogP contribution in [0.5, 0.6) is 11.6 Å². The van der Waals surface area contributed by atoms with Crippen molar-refractivity contribution >= 4 is 11.7 Å². The van der Waals surface area contributed by atoms with Gasteiger partial charge in [-0.3, -0.25) is 9.78 Å². The molecule has 0 saturated heterocycles. The standard InChI is InChI=1S/C21H20N6O2/c1-15(28)27(2)10-9-25-20-13-23-14-21(26-20)29-19-5-3-16(4-6-19)17-7-8-24-18(11-17)12-22/h3-8,11,13-14H,9-10H2,1-2H3,(H,25,26). The number of nitriles is 1. The molecule has 146 valence electrons. The Labute approximate surface area is 168 Å². The monoisotopic (exact) mass is 388 g/mol. The molecule has 0 fully saturated rings. The minimum Gasteiger partial charge on any atom is -0.437 e. The second kappa shape index (κ2) is 9.28. The topological polar surface area (TPSA) is 104 Å². The fourth-order valence-electron chi connectivity index (χ4n) is 2.50. The van der Waals surface area contributed by atoms with E-state index in [0.29, 0.717) is 36.2 Å². The lowest BCUT2D eigenvalue weighted by Gasteiger charge is -2.15. The van der Waals surface area contributed by atoms with Crippen molar-refractivity contribution in [1.82, 2.24) is 19.9 Å². The number of aromatic nitrogens is 3. The van der Waals surface area contributed by atoms with Crippen LogP contribution in [0.1, 0.15) is 12.6 Å². The Morgan fingerprint density at radius 2 is 2.00 bits per heavy atom. The van der Waals surface area contributed by atoms with Gasteiger partial charge in [0.1, 0.15) is 23.3 Å². The summed E-state index contributed by atoms with van der Waals surface area (Å²) in [5, 5.41) is 12.1. The number of anilines is 1. The third-order valence-corrected chi connectivity index (χ3v) is 4.19. The first kappa shape index (κ1) is 19.8. The van der Waals surface area contributed by atoms with Gasteiger partial charge < -0.3 is 15.0 Å². The minimum atomic E-state index is 0.00836. The molecule has 1 aromatic carbocycles. The Morgan fingerprint density at radius 1 is 1.21 bits per heavy atom. The lowest BCUT2D eigenvalue weighted by molar-refractivity contribution is -0.127. The van der Waals surface area contributed by atoms with Gasteiger partial charge in [-0.1, -0.05) is 12.1 Å². The van der Waals surface area contributed by atoms with Gasteiger partial charge in [-0.2, -0.15) is 10.2 Å². The molecule has 3 aromatic rings. The van der Waals surface area contributed by atoms with Gasteiger partial charge >= 0.3 is 0 Å². The normalized spacial score (nSPS) is 10.1. The van der Waals surface area contributed by atoms with E-state index >= 15 is 0 Å². The van der Waals surface area contributed by atoms with Gasteiger partial charge in [0.05, 0.1) is 12.4 Å². The van der Waals surface area contributed by atoms with Crippen LogP contribution in [0.3, 0.4) is 0 Å². The maximum Gasteiger partial charge on any atom is 0.239 e. The third-order valence-electron chi connectivity index (χ3n) is 4.19. The summed E-state index contributed by atoms with van der Waals surface area (Å²) in [6, 6.07) is 13.1. The van der Waals surface area contributed by atoms with E-state index in [9.17, 15) is 4.79 Å². The van der Waals surface area contributed by atoms with E-state index in [0.717, 1.165) is 11.1 Å². The van der Waals surface area contributed by atoms with E-state index in [4.69, 9.17) is 10.00 Å². The van der Waals surface area contributed by atoms with Crippen LogP contribution in [-0.2, 0) is 4.79 Å². The van der Waals surface area contributed by atoms with Crippen molar-refractivity contribution in [1.29, 1.82) is 5.26 Å². The average Bonchev–Trinajstić information content (AvgIpc) is 2.74. The fraction of sp³-hybridized carbons (Fsp3) is 0.190. The summed E-state index contributed by atoms with van der Waals surface area (Å²) < 4.78 is 5.78. The summed E-state index contributed by atoms with van der Waals surface area (Å²) in [7, 11) is 1.74. The molecule has 0 radical (unpaired) electrons. The van der Waals surface area contributed by atoms with Crippen molar-refractivity contribution in [3.05, 3.63) is 60.7 Å². The Hall–Kier alpha value is -3.99. The minimum absolute atomic E-state index is 0.00836. The summed E-state index contributed by atoms with van der Waals surface area (Å²) in [5.74, 6) is 1.55. The molecular formula is C21H20N6O2. The molecule has 8 heteroatoms. The molecule has 1 amide bonds. The zero-order valence-electron chi connectivity index (χ0n) is 16.2. The lowest BCUT2D eigenvalue weighted by Crippen LogP contribution is -2.29. The number of benzene rings is 1. The van der Waals surface area contributed by atoms with Crippen LogP contribution >= 0.6 is 0 Å². The maximum absolute atomic E-state index is 11.2. The molecule has 29 heavy (non-hydrogen) atoms. The largest absolute Gasteiger partial charge is 0.437 e. The lowest BCUT2D eigenvalue weighted by atomic mass is 10.1. The van der Waals surface area contributed by atoms with Crippen LogP contribution in [0.15, 0.2) is 55.0 Å². The number of ether oxygens (including phenoxy) is 1. The highest BCUT2D eigenvalue weighted by Gasteiger charge is 2.05. The van der Waals surface area contributed by atoms with E-state index in [1.807, 2.05) is 36.4 Å². The smallest absolute Gasteiger partial charge is 0.239 e. The van der Waals surface area contributed by atoms with Crippen molar-refractivity contribution < 1.29 is 9.53 Å². The molecule has 0 atom stereocenters. The Kier molecular flexibility index (Phi) is 6.32. The van der Waals surface area contributed by atoms with Gasteiger partial charge in [0.2, 0.25) is 11.8 Å². The van der Waals surface area contributed by atoms with Gasteiger partial charge in [-0.25, -0.2) is 4.98 Å². The maximum atomic E-state index is 11.2. The predicted octanol–water partition coefficient (Wildman–Crippen LogP) is 3.09. The van der Waals surface area contributed by atoms with Crippen LogP contribution in [-0.4, -0.2) is 45.9 Å². The van der Waals surface area contributed by atoms with Crippen LogP contribution in [0.4, 0.5) is 5.82 Å². The van der Waals surface area contributed by atoms with E-state index in [-0.39, 0.29) is 5.91 Å². The number of carbonyl (C=O) groups is 1. The zero-order chi connectivity index (χ0) is 20.6. The van der Waals surface area contributed by atoms with Crippen LogP contribution in [0.2, 0.25) is 0 Å². The van der Waals surface area contributed by atoms with Crippen molar-refractivity contribution in [3.8, 4) is 28.8 Å². The molecule has 0 aliphatic carbocycles. The fourth-order valence-corrected chi connectivity index (χ4v) is 2.50. The Bertz CT molecular complexity index is 1030. The van der Waals surface area contributed by atoms with E-state index in [1.54, 1.807) is 30.4 Å². The summed E-state index contributed by atoms with van der Waals surface area (Å²) in [4.78, 5) is 25.3. The number of likely N-dealkylation sites (N-methyl/N-ethyl adjacent to an activating group) is 1. The van der Waals surface area contributed by atoms with Gasteiger partial charge in [-0.05, 0) is 35.4 Å². The Morgan fingerprint density at radius 3 is 2.72 bits per heavy atom. The van der Waals surface area contributed by atoms with E-state index in [1.165, 1.54) is 13.1 Å². The predicted molar refractivity (Wildman–Crippen MR) is 108 cm³/mol. The first-order valence-electron chi connectivity index (χ1n) is 8.97. The van der Waals surface area contributed by atoms with Gasteiger partial charge in [0.15, 0.2) is 0 Å². The summed E-state index contributed by atoms with van der Waals surface area (Å²) in [5.41, 5.74) is 2.23. The average molecular weight is 388 g/mol. The van der Waals surface area contributed by atoms with Crippen molar-refractivity contribution in [2.45, 2.75) is 6.92 Å². The molecule has 1 N–H and O–H groups in total. The number of rotatable bonds is 7. The number of amides is 1. The third kappa shape index (κ3) is 5.49. The molecule has 8 nitrogen and oxygen atoms in total. The first-order chi connectivity index (χ1) is 14.0. The second-order valence-electron chi connectivity index (χ2n) is 6.28. The molecule has 0 spiro atoms. The van der Waals surface area contributed by atoms with Crippen molar-refractivity contribution in [2.24, 2.45) is 0 Å². The molecule has 2 aromatic heterocycles. The zero-order valence-corrected chi connectivity index (χ0v) is 16.2. The number of carbonyl (C=O) groups excluding carboxylic acids is 1. The van der Waals surface area contributed by atoms with Gasteiger partial charge in [0, 0.05) is 33.3 Å². The highest BCUT2D eigenvalue weighted by molar-refractivity contribution is 5.72. The number of pyridine rings is 1. The molecule has 3 rings (SSSR count). The first-order valence-corrected chi connectivity index (χ1v) is 8.97. The van der Waals surface area contributed by atoms with Gasteiger partial charge in [0.25, 0.3) is 0 Å². The summed E-state index contributed by atoms with van der Waals surface area (Å²) in [6.07, 6.45) is 4.74. The molecule has 0 saturated carbocycles. The van der Waals surface area contributed by atoms with Crippen LogP contribution in [0, 0.1) is 11.3 Å². The summed E-state index contributed by atoms with van der Waals surface area (Å²) in [6.45, 7) is 2.64. The second-order valence-corrected chi connectivity index (χ2v) is 6.28. The van der Waals surface area contributed by atoms with E-state index < -0.39 is 0 Å². The van der Waals surface area contributed by atoms with E-state index in [2.05, 4.69) is 20.3 Å². The molecule has 0 unspecified atom stereocenters. The van der Waals surface area contributed by atoms with Crippen molar-refractivity contribution in [2.75, 3.05) is 25.5 Å². The molecule has 0 aliphatic rings. The molecule has 2 heterocycles. The van der Waals surface area contributed by atoms with Crippen molar-refractivity contribution in [3.63, 3.8) is 0 Å². The number of nitrogens with one attached hydrogen (secondary N) is 1. The summed E-state index contributed by atoms with van der Waals surface area (Å²) >= 11 is 0. The number of nitrogens with zero attached hydrogens (tertiary/aromatic N) is 5.